The van der Waals surface area contributed by atoms with Crippen molar-refractivity contribution in [2.24, 2.45) is 0 Å². The Kier molecular flexibility index (Phi) is 5.39. The molecule has 3 aliphatic rings. The highest BCUT2D eigenvalue weighted by atomic mass is 19.2. The monoisotopic (exact) mass is 396 g/mol. The number of benzene rings is 1. The lowest BCUT2D eigenvalue weighted by Gasteiger charge is -2.43. The van der Waals surface area contributed by atoms with Gasteiger partial charge in [-0.15, -0.1) is 0 Å². The standard InChI is InChI=1S/C20H26F2N2O4/c21-16-3-2-15(12-17(16)22)13-24-7-1-4-19(26,18(24)25)14-23-8-5-20(6-9-23)27-10-11-28-20/h2-3,12,26H,1,4-11,13-14H2. The molecule has 1 amide bonds. The van der Waals surface area contributed by atoms with Crippen LogP contribution < -0.4 is 0 Å². The summed E-state index contributed by atoms with van der Waals surface area (Å²) < 4.78 is 38.0. The molecule has 1 aromatic carbocycles. The van der Waals surface area contributed by atoms with Crippen molar-refractivity contribution in [3.05, 3.63) is 35.4 Å². The van der Waals surface area contributed by atoms with Gasteiger partial charge < -0.3 is 19.5 Å². The summed E-state index contributed by atoms with van der Waals surface area (Å²) in [7, 11) is 0. The first-order chi connectivity index (χ1) is 13.4. The number of aliphatic hydroxyl groups is 1. The first kappa shape index (κ1) is 19.7. The third kappa shape index (κ3) is 3.91. The van der Waals surface area contributed by atoms with Crippen molar-refractivity contribution in [2.75, 3.05) is 39.4 Å². The van der Waals surface area contributed by atoms with E-state index < -0.39 is 23.0 Å². The predicted octanol–water partition coefficient (Wildman–Crippen LogP) is 1.66. The Balaban J connectivity index is 1.38. The summed E-state index contributed by atoms with van der Waals surface area (Å²) in [4.78, 5) is 16.6. The van der Waals surface area contributed by atoms with Crippen LogP contribution in [0.25, 0.3) is 0 Å². The molecule has 0 aliphatic carbocycles. The molecule has 154 valence electrons. The lowest BCUT2D eigenvalue weighted by Crippen LogP contribution is -2.59. The minimum atomic E-state index is -1.46. The van der Waals surface area contributed by atoms with Gasteiger partial charge in [0.1, 0.15) is 0 Å². The van der Waals surface area contributed by atoms with E-state index in [0.717, 1.165) is 25.0 Å². The molecule has 1 unspecified atom stereocenters. The minimum absolute atomic E-state index is 0.156. The van der Waals surface area contributed by atoms with Gasteiger partial charge in [0, 0.05) is 45.6 Å². The number of ether oxygens (including phenoxy) is 2. The number of carbonyl (C=O) groups excluding carboxylic acids is 1. The lowest BCUT2D eigenvalue weighted by molar-refractivity contribution is -0.191. The van der Waals surface area contributed by atoms with Crippen molar-refractivity contribution >= 4 is 5.91 Å². The minimum Gasteiger partial charge on any atom is -0.379 e. The van der Waals surface area contributed by atoms with E-state index in [1.165, 1.54) is 11.0 Å². The van der Waals surface area contributed by atoms with Crippen molar-refractivity contribution < 1.29 is 28.2 Å². The maximum Gasteiger partial charge on any atom is 0.256 e. The zero-order chi connectivity index (χ0) is 19.8. The Bertz CT molecular complexity index is 731. The van der Waals surface area contributed by atoms with Crippen molar-refractivity contribution in [2.45, 2.75) is 43.6 Å². The fourth-order valence-corrected chi connectivity index (χ4v) is 4.43. The number of amides is 1. The Morgan fingerprint density at radius 2 is 1.75 bits per heavy atom. The van der Waals surface area contributed by atoms with E-state index in [-0.39, 0.29) is 19.0 Å². The summed E-state index contributed by atoms with van der Waals surface area (Å²) in [6.45, 7) is 3.52. The topological polar surface area (TPSA) is 62.2 Å². The molecule has 4 rings (SSSR count). The van der Waals surface area contributed by atoms with E-state index >= 15 is 0 Å². The molecule has 3 saturated heterocycles. The van der Waals surface area contributed by atoms with Crippen LogP contribution in [0, 0.1) is 11.6 Å². The van der Waals surface area contributed by atoms with Gasteiger partial charge in [-0.2, -0.15) is 0 Å². The highest BCUT2D eigenvalue weighted by Crippen LogP contribution is 2.33. The zero-order valence-electron chi connectivity index (χ0n) is 15.8. The zero-order valence-corrected chi connectivity index (χ0v) is 15.8. The Morgan fingerprint density at radius 1 is 1.04 bits per heavy atom. The van der Waals surface area contributed by atoms with Gasteiger partial charge in [0.05, 0.1) is 13.2 Å². The summed E-state index contributed by atoms with van der Waals surface area (Å²) in [6, 6.07) is 3.62. The number of rotatable bonds is 4. The van der Waals surface area contributed by atoms with Crippen LogP contribution in [0.1, 0.15) is 31.2 Å². The fourth-order valence-electron chi connectivity index (χ4n) is 4.43. The predicted molar refractivity (Wildman–Crippen MR) is 96.3 cm³/mol. The normalized spacial score (nSPS) is 28.2. The van der Waals surface area contributed by atoms with Crippen LogP contribution in [0.4, 0.5) is 8.78 Å². The number of halogens is 2. The molecule has 1 spiro atoms. The van der Waals surface area contributed by atoms with Gasteiger partial charge in [0.25, 0.3) is 5.91 Å². The average Bonchev–Trinajstić information content (AvgIpc) is 3.13. The number of piperidine rings is 2. The fraction of sp³-hybridized carbons (Fsp3) is 0.650. The second-order valence-corrected chi connectivity index (χ2v) is 7.99. The molecule has 3 heterocycles. The lowest BCUT2D eigenvalue weighted by atomic mass is 9.89. The van der Waals surface area contributed by atoms with Gasteiger partial charge in [0.15, 0.2) is 23.0 Å². The number of carbonyl (C=O) groups is 1. The molecule has 0 radical (unpaired) electrons. The summed E-state index contributed by atoms with van der Waals surface area (Å²) in [5.74, 6) is -2.69. The van der Waals surface area contributed by atoms with E-state index in [9.17, 15) is 18.7 Å². The van der Waals surface area contributed by atoms with Crippen LogP contribution in [0.2, 0.25) is 0 Å². The molecule has 1 atom stereocenters. The largest absolute Gasteiger partial charge is 0.379 e. The second-order valence-electron chi connectivity index (χ2n) is 7.99. The molecule has 3 aliphatic heterocycles. The smallest absolute Gasteiger partial charge is 0.256 e. The van der Waals surface area contributed by atoms with Gasteiger partial charge in [-0.1, -0.05) is 6.07 Å². The van der Waals surface area contributed by atoms with Crippen LogP contribution in [-0.2, 0) is 20.8 Å². The highest BCUT2D eigenvalue weighted by Gasteiger charge is 2.46. The van der Waals surface area contributed by atoms with Gasteiger partial charge in [-0.05, 0) is 30.5 Å². The van der Waals surface area contributed by atoms with Crippen molar-refractivity contribution in [1.29, 1.82) is 0 Å². The molecule has 1 N–H and O–H groups in total. The quantitative estimate of drug-likeness (QED) is 0.839. The summed E-state index contributed by atoms with van der Waals surface area (Å²) >= 11 is 0. The summed E-state index contributed by atoms with van der Waals surface area (Å²) in [6.07, 6.45) is 2.50. The summed E-state index contributed by atoms with van der Waals surface area (Å²) in [5.41, 5.74) is -0.953. The Morgan fingerprint density at radius 3 is 2.43 bits per heavy atom. The maximum atomic E-state index is 13.5. The number of likely N-dealkylation sites (tertiary alicyclic amines) is 2. The van der Waals surface area contributed by atoms with Crippen molar-refractivity contribution in [3.8, 4) is 0 Å². The van der Waals surface area contributed by atoms with Crippen LogP contribution in [0.3, 0.4) is 0 Å². The molecule has 0 saturated carbocycles. The average molecular weight is 396 g/mol. The Labute approximate surface area is 163 Å². The SMILES string of the molecule is O=C1N(Cc2ccc(F)c(F)c2)CCCC1(O)CN1CCC2(CC1)OCCO2. The molecule has 1 aromatic rings. The van der Waals surface area contributed by atoms with E-state index in [1.807, 2.05) is 0 Å². The molecule has 0 bridgehead atoms. The van der Waals surface area contributed by atoms with Crippen LogP contribution in [0.5, 0.6) is 0 Å². The number of hydrogen-bond donors (Lipinski definition) is 1. The van der Waals surface area contributed by atoms with Gasteiger partial charge in [-0.3, -0.25) is 9.69 Å². The summed E-state index contributed by atoms with van der Waals surface area (Å²) in [5, 5.41) is 11.1. The van der Waals surface area contributed by atoms with Crippen molar-refractivity contribution in [1.82, 2.24) is 9.80 Å². The number of β-amino-alcohol motifs (C(OH)–C–C–N with tert-alkyl or cyclic N) is 1. The highest BCUT2D eigenvalue weighted by molar-refractivity contribution is 5.86. The van der Waals surface area contributed by atoms with Crippen LogP contribution >= 0.6 is 0 Å². The van der Waals surface area contributed by atoms with Crippen molar-refractivity contribution in [3.63, 3.8) is 0 Å². The number of nitrogens with zero attached hydrogens (tertiary/aromatic N) is 2. The van der Waals surface area contributed by atoms with Crippen LogP contribution in [-0.4, -0.2) is 71.6 Å². The van der Waals surface area contributed by atoms with Crippen LogP contribution in [0.15, 0.2) is 18.2 Å². The van der Waals surface area contributed by atoms with Gasteiger partial charge in [-0.25, -0.2) is 8.78 Å². The van der Waals surface area contributed by atoms with Gasteiger partial charge in [0.2, 0.25) is 0 Å². The van der Waals surface area contributed by atoms with Gasteiger partial charge >= 0.3 is 0 Å². The molecular weight excluding hydrogens is 370 g/mol. The maximum absolute atomic E-state index is 13.5. The molecule has 28 heavy (non-hydrogen) atoms. The molecule has 6 nitrogen and oxygen atoms in total. The first-order valence-electron chi connectivity index (χ1n) is 9.85. The number of hydrogen-bond acceptors (Lipinski definition) is 5. The second kappa shape index (κ2) is 7.67. The molecular formula is C20H26F2N2O4. The van der Waals surface area contributed by atoms with E-state index in [2.05, 4.69) is 4.90 Å². The van der Waals surface area contributed by atoms with E-state index in [4.69, 9.17) is 9.47 Å². The molecule has 8 heteroatoms. The third-order valence-corrected chi connectivity index (χ3v) is 5.98. The molecule has 3 fully saturated rings. The molecule has 0 aromatic heterocycles. The van der Waals surface area contributed by atoms with E-state index in [1.54, 1.807) is 0 Å². The first-order valence-corrected chi connectivity index (χ1v) is 9.85. The Hall–Kier alpha value is -1.61. The third-order valence-electron chi connectivity index (χ3n) is 5.98. The van der Waals surface area contributed by atoms with E-state index in [0.29, 0.717) is 51.3 Å².